The highest BCUT2D eigenvalue weighted by molar-refractivity contribution is 5.32. The number of benzene rings is 1. The summed E-state index contributed by atoms with van der Waals surface area (Å²) in [5, 5.41) is 13.0. The van der Waals surface area contributed by atoms with Crippen LogP contribution in [-0.4, -0.2) is 69.8 Å². The zero-order valence-corrected chi connectivity index (χ0v) is 16.4. The Bertz CT molecular complexity index is 716. The highest BCUT2D eigenvalue weighted by atomic mass is 16.5. The van der Waals surface area contributed by atoms with E-state index in [1.165, 1.54) is 31.2 Å². The maximum absolute atomic E-state index is 5.35. The van der Waals surface area contributed by atoms with Crippen LogP contribution in [0.5, 0.6) is 5.75 Å². The molecular weight excluding hydrogens is 340 g/mol. The lowest BCUT2D eigenvalue weighted by Gasteiger charge is -2.38. The standard InChI is InChI=1S/C20H30N6O/c1-3-24-12-14-25(15-13-24)19(16-8-10-18(27-2)11-9-16)20-21-22-23-26(20)17-6-4-5-7-17/h8-11,17,19H,3-7,12-15H2,1-2H3/t19-/m0/s1. The van der Waals surface area contributed by atoms with Gasteiger partial charge in [0.25, 0.3) is 0 Å². The van der Waals surface area contributed by atoms with E-state index >= 15 is 0 Å². The lowest BCUT2D eigenvalue weighted by Crippen LogP contribution is -2.48. The van der Waals surface area contributed by atoms with Crippen LogP contribution in [0, 0.1) is 0 Å². The second kappa shape index (κ2) is 8.35. The quantitative estimate of drug-likeness (QED) is 0.779. The molecule has 1 saturated carbocycles. The van der Waals surface area contributed by atoms with E-state index in [1.807, 2.05) is 12.1 Å². The van der Waals surface area contributed by atoms with Gasteiger partial charge < -0.3 is 9.64 Å². The fraction of sp³-hybridized carbons (Fsp3) is 0.650. The molecule has 2 fully saturated rings. The summed E-state index contributed by atoms with van der Waals surface area (Å²) < 4.78 is 7.46. The Hall–Kier alpha value is -1.99. The predicted octanol–water partition coefficient (Wildman–Crippen LogP) is 2.52. The molecule has 0 N–H and O–H groups in total. The Balaban J connectivity index is 1.67. The first-order chi connectivity index (χ1) is 13.3. The van der Waals surface area contributed by atoms with E-state index in [-0.39, 0.29) is 6.04 Å². The average Bonchev–Trinajstić information content (AvgIpc) is 3.41. The molecule has 1 aromatic heterocycles. The molecule has 1 aliphatic heterocycles. The monoisotopic (exact) mass is 370 g/mol. The SMILES string of the molecule is CCN1CCN([C@@H](c2ccc(OC)cc2)c2nnnn2C2CCCC2)CC1. The van der Waals surface area contributed by atoms with Crippen LogP contribution in [0.15, 0.2) is 24.3 Å². The van der Waals surface area contributed by atoms with Crippen LogP contribution in [0.2, 0.25) is 0 Å². The molecule has 0 unspecified atom stereocenters. The zero-order chi connectivity index (χ0) is 18.6. The van der Waals surface area contributed by atoms with Crippen LogP contribution in [0.4, 0.5) is 0 Å². The van der Waals surface area contributed by atoms with Crippen LogP contribution in [0.3, 0.4) is 0 Å². The molecule has 0 spiro atoms. The zero-order valence-electron chi connectivity index (χ0n) is 16.4. The Morgan fingerprint density at radius 2 is 1.78 bits per heavy atom. The molecule has 0 radical (unpaired) electrons. The highest BCUT2D eigenvalue weighted by Crippen LogP contribution is 2.34. The number of rotatable bonds is 6. The molecule has 2 aromatic rings. The number of methoxy groups -OCH3 is 1. The third-order valence-corrected chi connectivity index (χ3v) is 6.08. The van der Waals surface area contributed by atoms with Crippen molar-refractivity contribution >= 4 is 0 Å². The van der Waals surface area contributed by atoms with E-state index in [1.54, 1.807) is 7.11 Å². The van der Waals surface area contributed by atoms with E-state index in [2.05, 4.69) is 49.1 Å². The van der Waals surface area contributed by atoms with Gasteiger partial charge in [-0.25, -0.2) is 4.68 Å². The van der Waals surface area contributed by atoms with Crippen LogP contribution in [-0.2, 0) is 0 Å². The van der Waals surface area contributed by atoms with Crippen molar-refractivity contribution in [3.8, 4) is 5.75 Å². The van der Waals surface area contributed by atoms with Gasteiger partial charge in [0, 0.05) is 26.2 Å². The molecule has 1 aliphatic carbocycles. The topological polar surface area (TPSA) is 59.3 Å². The Labute approximate surface area is 161 Å². The van der Waals surface area contributed by atoms with Crippen molar-refractivity contribution < 1.29 is 4.74 Å². The average molecular weight is 371 g/mol. The molecule has 1 aromatic carbocycles. The first-order valence-electron chi connectivity index (χ1n) is 10.2. The van der Waals surface area contributed by atoms with Crippen LogP contribution < -0.4 is 4.74 Å². The minimum Gasteiger partial charge on any atom is -0.497 e. The number of nitrogens with zero attached hydrogens (tertiary/aromatic N) is 6. The molecule has 1 atom stereocenters. The molecule has 0 bridgehead atoms. The van der Waals surface area contributed by atoms with Gasteiger partial charge in [-0.3, -0.25) is 4.90 Å². The van der Waals surface area contributed by atoms with E-state index in [0.717, 1.165) is 44.3 Å². The molecule has 7 nitrogen and oxygen atoms in total. The number of hydrogen-bond donors (Lipinski definition) is 0. The minimum absolute atomic E-state index is 0.0884. The molecule has 1 saturated heterocycles. The van der Waals surface area contributed by atoms with E-state index < -0.39 is 0 Å². The first kappa shape index (κ1) is 18.4. The number of piperazine rings is 1. The molecule has 7 heteroatoms. The Morgan fingerprint density at radius 1 is 1.07 bits per heavy atom. The summed E-state index contributed by atoms with van der Waals surface area (Å²) in [5.74, 6) is 1.86. The fourth-order valence-corrected chi connectivity index (χ4v) is 4.44. The van der Waals surface area contributed by atoms with Gasteiger partial charge in [-0.1, -0.05) is 31.9 Å². The summed E-state index contributed by atoms with van der Waals surface area (Å²) in [6, 6.07) is 8.91. The lowest BCUT2D eigenvalue weighted by atomic mass is 10.0. The number of ether oxygens (including phenoxy) is 1. The Morgan fingerprint density at radius 3 is 2.41 bits per heavy atom. The summed E-state index contributed by atoms with van der Waals surface area (Å²) in [7, 11) is 1.71. The van der Waals surface area contributed by atoms with Crippen LogP contribution in [0.25, 0.3) is 0 Å². The van der Waals surface area contributed by atoms with Crippen molar-refractivity contribution in [1.82, 2.24) is 30.0 Å². The van der Waals surface area contributed by atoms with E-state index in [4.69, 9.17) is 4.74 Å². The van der Waals surface area contributed by atoms with Crippen molar-refractivity contribution in [1.29, 1.82) is 0 Å². The number of aromatic nitrogens is 4. The van der Waals surface area contributed by atoms with Crippen molar-refractivity contribution in [3.05, 3.63) is 35.7 Å². The summed E-state index contributed by atoms with van der Waals surface area (Å²) in [4.78, 5) is 5.03. The fourth-order valence-electron chi connectivity index (χ4n) is 4.44. The highest BCUT2D eigenvalue weighted by Gasteiger charge is 2.32. The van der Waals surface area contributed by atoms with E-state index in [0.29, 0.717) is 6.04 Å². The van der Waals surface area contributed by atoms with Crippen molar-refractivity contribution in [2.45, 2.75) is 44.7 Å². The van der Waals surface area contributed by atoms with Crippen molar-refractivity contribution in [3.63, 3.8) is 0 Å². The molecule has 0 amide bonds. The van der Waals surface area contributed by atoms with Gasteiger partial charge in [-0.15, -0.1) is 5.10 Å². The molecule has 27 heavy (non-hydrogen) atoms. The smallest absolute Gasteiger partial charge is 0.173 e. The molecule has 2 aliphatic rings. The number of hydrogen-bond acceptors (Lipinski definition) is 6. The van der Waals surface area contributed by atoms with E-state index in [9.17, 15) is 0 Å². The van der Waals surface area contributed by atoms with Gasteiger partial charge >= 0.3 is 0 Å². The number of tetrazole rings is 1. The summed E-state index contributed by atoms with van der Waals surface area (Å²) in [6.07, 6.45) is 4.90. The maximum atomic E-state index is 5.35. The van der Waals surface area contributed by atoms with Gasteiger partial charge in [0.15, 0.2) is 5.82 Å². The van der Waals surface area contributed by atoms with Crippen LogP contribution in [0.1, 0.15) is 56.1 Å². The van der Waals surface area contributed by atoms with Gasteiger partial charge in [0.05, 0.1) is 19.2 Å². The predicted molar refractivity (Wildman–Crippen MR) is 104 cm³/mol. The lowest BCUT2D eigenvalue weighted by molar-refractivity contribution is 0.107. The third kappa shape index (κ3) is 3.84. The summed E-state index contributed by atoms with van der Waals surface area (Å²) >= 11 is 0. The maximum Gasteiger partial charge on any atom is 0.173 e. The summed E-state index contributed by atoms with van der Waals surface area (Å²) in [6.45, 7) is 7.59. The van der Waals surface area contributed by atoms with Crippen molar-refractivity contribution in [2.75, 3.05) is 39.8 Å². The molecular formula is C20H30N6O. The normalized spacial score (nSPS) is 20.8. The molecule has 4 rings (SSSR count). The molecule has 2 heterocycles. The second-order valence-corrected chi connectivity index (χ2v) is 7.57. The second-order valence-electron chi connectivity index (χ2n) is 7.57. The minimum atomic E-state index is 0.0884. The van der Waals surface area contributed by atoms with Gasteiger partial charge in [0.2, 0.25) is 0 Å². The molecule has 146 valence electrons. The van der Waals surface area contributed by atoms with Gasteiger partial charge in [-0.05, 0) is 47.5 Å². The Kier molecular flexibility index (Phi) is 5.69. The summed E-state index contributed by atoms with van der Waals surface area (Å²) in [5.41, 5.74) is 1.23. The number of likely N-dealkylation sites (N-methyl/N-ethyl adjacent to an activating group) is 1. The third-order valence-electron chi connectivity index (χ3n) is 6.08. The first-order valence-corrected chi connectivity index (χ1v) is 10.2. The van der Waals surface area contributed by atoms with Crippen LogP contribution >= 0.6 is 0 Å². The largest absolute Gasteiger partial charge is 0.497 e. The van der Waals surface area contributed by atoms with Gasteiger partial charge in [0.1, 0.15) is 5.75 Å². The van der Waals surface area contributed by atoms with Gasteiger partial charge in [-0.2, -0.15) is 0 Å². The van der Waals surface area contributed by atoms with Crippen molar-refractivity contribution in [2.24, 2.45) is 0 Å².